The number of hydrogen-bond donors (Lipinski definition) is 0. The molecule has 3 unspecified atom stereocenters. The van der Waals surface area contributed by atoms with Crippen LogP contribution in [0.1, 0.15) is 109 Å². The molecule has 0 amide bonds. The molecular formula is C27H42O3. The van der Waals surface area contributed by atoms with Crippen LogP contribution in [0.5, 0.6) is 0 Å². The summed E-state index contributed by atoms with van der Waals surface area (Å²) in [5.41, 5.74) is 2.41. The number of Topliss-reactive ketones (excluding diaryl/α,β-unsaturated/α-hetero) is 3. The van der Waals surface area contributed by atoms with Crippen LogP contribution in [0.3, 0.4) is 0 Å². The largest absolute Gasteiger partial charge is 0.300 e. The van der Waals surface area contributed by atoms with E-state index in [1.54, 1.807) is 6.92 Å². The Morgan fingerprint density at radius 1 is 1.10 bits per heavy atom. The van der Waals surface area contributed by atoms with Crippen molar-refractivity contribution in [2.45, 2.75) is 93.4 Å². The van der Waals surface area contributed by atoms with E-state index in [4.69, 9.17) is 0 Å². The Balaban J connectivity index is 0.000000307. The van der Waals surface area contributed by atoms with Crippen LogP contribution in [0, 0.1) is 23.2 Å². The van der Waals surface area contributed by atoms with Crippen LogP contribution in [-0.4, -0.2) is 17.3 Å². The fourth-order valence-electron chi connectivity index (χ4n) is 3.49. The summed E-state index contributed by atoms with van der Waals surface area (Å²) < 4.78 is 0. The van der Waals surface area contributed by atoms with Crippen LogP contribution in [0.25, 0.3) is 0 Å². The van der Waals surface area contributed by atoms with Gasteiger partial charge in [0.2, 0.25) is 0 Å². The lowest BCUT2D eigenvalue weighted by molar-refractivity contribution is -0.123. The Morgan fingerprint density at radius 3 is 2.00 bits per heavy atom. The Kier molecular flexibility index (Phi) is 10.1. The first-order valence-electron chi connectivity index (χ1n) is 11.5. The van der Waals surface area contributed by atoms with Crippen molar-refractivity contribution in [3.8, 4) is 0 Å². The zero-order valence-corrected chi connectivity index (χ0v) is 20.4. The SMILES string of the molecule is CC(=O)C1CCC1.CC(C)(C)C.CCC(C)C(=O)CC1C(=O)c2ccccc2C1C. The predicted molar refractivity (Wildman–Crippen MR) is 125 cm³/mol. The maximum absolute atomic E-state index is 12.3. The molecule has 3 atom stereocenters. The normalized spacial score (nSPS) is 21.3. The average molecular weight is 415 g/mol. The second-order valence-corrected chi connectivity index (χ2v) is 10.6. The zero-order chi connectivity index (χ0) is 23.1. The van der Waals surface area contributed by atoms with Crippen molar-refractivity contribution < 1.29 is 14.4 Å². The van der Waals surface area contributed by atoms with Crippen molar-refractivity contribution in [2.24, 2.45) is 23.2 Å². The molecule has 1 aromatic rings. The second-order valence-electron chi connectivity index (χ2n) is 10.6. The minimum Gasteiger partial charge on any atom is -0.300 e. The minimum absolute atomic E-state index is 0.0636. The predicted octanol–water partition coefficient (Wildman–Crippen LogP) is 7.04. The Hall–Kier alpha value is -1.77. The van der Waals surface area contributed by atoms with Crippen LogP contribution < -0.4 is 0 Å². The highest BCUT2D eigenvalue weighted by Gasteiger charge is 2.38. The Bertz CT molecular complexity index is 716. The van der Waals surface area contributed by atoms with Gasteiger partial charge in [-0.1, -0.05) is 79.2 Å². The summed E-state index contributed by atoms with van der Waals surface area (Å²) in [6.45, 7) is 16.4. The third kappa shape index (κ3) is 8.16. The highest BCUT2D eigenvalue weighted by Crippen LogP contribution is 2.39. The first kappa shape index (κ1) is 26.3. The molecule has 0 aromatic heterocycles. The van der Waals surface area contributed by atoms with E-state index in [0.29, 0.717) is 23.5 Å². The van der Waals surface area contributed by atoms with Crippen LogP contribution in [-0.2, 0) is 9.59 Å². The van der Waals surface area contributed by atoms with Crippen molar-refractivity contribution in [2.75, 3.05) is 0 Å². The number of rotatable bonds is 5. The van der Waals surface area contributed by atoms with E-state index in [1.165, 1.54) is 6.42 Å². The lowest BCUT2D eigenvalue weighted by atomic mass is 9.83. The molecule has 1 saturated carbocycles. The van der Waals surface area contributed by atoms with Crippen molar-refractivity contribution in [3.05, 3.63) is 35.4 Å². The second kappa shape index (κ2) is 11.6. The number of carbonyl (C=O) groups is 3. The fraction of sp³-hybridized carbons (Fsp3) is 0.667. The van der Waals surface area contributed by atoms with Crippen LogP contribution in [0.15, 0.2) is 24.3 Å². The third-order valence-corrected chi connectivity index (χ3v) is 5.92. The molecule has 30 heavy (non-hydrogen) atoms. The monoisotopic (exact) mass is 414 g/mol. The van der Waals surface area contributed by atoms with E-state index in [9.17, 15) is 14.4 Å². The van der Waals surface area contributed by atoms with Gasteiger partial charge in [0.15, 0.2) is 5.78 Å². The zero-order valence-electron chi connectivity index (χ0n) is 20.4. The number of benzene rings is 1. The molecule has 2 aliphatic carbocycles. The van der Waals surface area contributed by atoms with E-state index in [1.807, 2.05) is 38.1 Å². The molecule has 3 rings (SSSR count). The molecule has 168 valence electrons. The molecular weight excluding hydrogens is 372 g/mol. The van der Waals surface area contributed by atoms with Gasteiger partial charge in [-0.25, -0.2) is 0 Å². The van der Waals surface area contributed by atoms with Gasteiger partial charge >= 0.3 is 0 Å². The highest BCUT2D eigenvalue weighted by atomic mass is 16.1. The quantitative estimate of drug-likeness (QED) is 0.519. The summed E-state index contributed by atoms with van der Waals surface area (Å²) in [6.07, 6.45) is 4.81. The summed E-state index contributed by atoms with van der Waals surface area (Å²) in [5.74, 6) is 1.27. The maximum atomic E-state index is 12.3. The molecule has 0 spiro atoms. The molecule has 1 fully saturated rings. The number of fused-ring (bicyclic) bond motifs is 1. The summed E-state index contributed by atoms with van der Waals surface area (Å²) in [5, 5.41) is 0. The van der Waals surface area contributed by atoms with Gasteiger partial charge in [0.05, 0.1) is 0 Å². The number of ketones is 3. The number of carbonyl (C=O) groups excluding carboxylic acids is 3. The average Bonchev–Trinajstić information content (AvgIpc) is 2.83. The summed E-state index contributed by atoms with van der Waals surface area (Å²) in [7, 11) is 0. The Morgan fingerprint density at radius 2 is 1.63 bits per heavy atom. The van der Waals surface area contributed by atoms with Crippen LogP contribution >= 0.6 is 0 Å². The summed E-state index contributed by atoms with van der Waals surface area (Å²) >= 11 is 0. The van der Waals surface area contributed by atoms with Gasteiger partial charge in [-0.15, -0.1) is 0 Å². The summed E-state index contributed by atoms with van der Waals surface area (Å²) in [4.78, 5) is 34.7. The van der Waals surface area contributed by atoms with Gasteiger partial charge in [0, 0.05) is 29.7 Å². The van der Waals surface area contributed by atoms with Gasteiger partial charge in [0.1, 0.15) is 11.6 Å². The molecule has 0 bridgehead atoms. The molecule has 3 nitrogen and oxygen atoms in total. The molecule has 3 heteroatoms. The lowest BCUT2D eigenvalue weighted by Gasteiger charge is -2.21. The van der Waals surface area contributed by atoms with E-state index >= 15 is 0 Å². The highest BCUT2D eigenvalue weighted by molar-refractivity contribution is 6.05. The van der Waals surface area contributed by atoms with Gasteiger partial charge in [0.25, 0.3) is 0 Å². The first-order chi connectivity index (χ1) is 13.9. The maximum Gasteiger partial charge on any atom is 0.167 e. The van der Waals surface area contributed by atoms with E-state index < -0.39 is 0 Å². The standard InChI is InChI=1S/C16H20O2.C6H10O.C5H12/c1-4-10(2)15(17)9-14-11(3)12-7-5-6-8-13(12)16(14)18;1-5(7)6-3-2-4-6;1-5(2,3)4/h5-8,10-11,14H,4,9H2,1-3H3;6H,2-4H2,1H3;1-4H3. The van der Waals surface area contributed by atoms with E-state index in [0.717, 1.165) is 30.4 Å². The molecule has 1 aromatic carbocycles. The first-order valence-corrected chi connectivity index (χ1v) is 11.5. The van der Waals surface area contributed by atoms with E-state index in [2.05, 4.69) is 34.6 Å². The van der Waals surface area contributed by atoms with E-state index in [-0.39, 0.29) is 29.3 Å². The minimum atomic E-state index is -0.149. The van der Waals surface area contributed by atoms with Gasteiger partial charge in [-0.3, -0.25) is 14.4 Å². The van der Waals surface area contributed by atoms with Gasteiger partial charge in [-0.05, 0) is 43.1 Å². The lowest BCUT2D eigenvalue weighted by Crippen LogP contribution is -2.20. The molecule has 0 radical (unpaired) electrons. The summed E-state index contributed by atoms with van der Waals surface area (Å²) in [6, 6.07) is 7.73. The van der Waals surface area contributed by atoms with Crippen LogP contribution in [0.2, 0.25) is 0 Å². The van der Waals surface area contributed by atoms with Crippen molar-refractivity contribution in [1.29, 1.82) is 0 Å². The van der Waals surface area contributed by atoms with Crippen molar-refractivity contribution in [1.82, 2.24) is 0 Å². The fourth-order valence-corrected chi connectivity index (χ4v) is 3.49. The van der Waals surface area contributed by atoms with Crippen molar-refractivity contribution >= 4 is 17.3 Å². The Labute approximate surface area is 184 Å². The molecule has 0 saturated heterocycles. The van der Waals surface area contributed by atoms with Gasteiger partial charge in [-0.2, -0.15) is 0 Å². The topological polar surface area (TPSA) is 51.2 Å². The van der Waals surface area contributed by atoms with Gasteiger partial charge < -0.3 is 0 Å². The van der Waals surface area contributed by atoms with Crippen molar-refractivity contribution in [3.63, 3.8) is 0 Å². The molecule has 0 N–H and O–H groups in total. The third-order valence-electron chi connectivity index (χ3n) is 5.92. The van der Waals surface area contributed by atoms with Crippen LogP contribution in [0.4, 0.5) is 0 Å². The number of hydrogen-bond acceptors (Lipinski definition) is 3. The molecule has 0 heterocycles. The molecule has 0 aliphatic heterocycles. The molecule has 2 aliphatic rings. The smallest absolute Gasteiger partial charge is 0.167 e.